The van der Waals surface area contributed by atoms with Crippen molar-refractivity contribution in [1.82, 2.24) is 24.7 Å². The standard InChI is InChI=1S/C10H15N5S/c1-8-9(6-15(2)13-8)3-4-11-5-10-7-16-14-12-10/h6-7,11H,3-5H2,1-2H3. The molecule has 86 valence electrons. The number of hydrogen-bond acceptors (Lipinski definition) is 5. The molecular formula is C10H15N5S. The van der Waals surface area contributed by atoms with Crippen LogP contribution in [-0.2, 0) is 20.0 Å². The summed E-state index contributed by atoms with van der Waals surface area (Å²) in [5.41, 5.74) is 3.42. The van der Waals surface area contributed by atoms with Gasteiger partial charge in [0, 0.05) is 25.2 Å². The van der Waals surface area contributed by atoms with Gasteiger partial charge in [-0.05, 0) is 37.0 Å². The predicted molar refractivity (Wildman–Crippen MR) is 63.3 cm³/mol. The van der Waals surface area contributed by atoms with Crippen molar-refractivity contribution in [3.63, 3.8) is 0 Å². The van der Waals surface area contributed by atoms with Crippen LogP contribution in [-0.4, -0.2) is 25.9 Å². The van der Waals surface area contributed by atoms with Crippen molar-refractivity contribution in [2.24, 2.45) is 7.05 Å². The molecule has 5 nitrogen and oxygen atoms in total. The zero-order valence-corrected chi connectivity index (χ0v) is 10.3. The average molecular weight is 237 g/mol. The second-order valence-electron chi connectivity index (χ2n) is 3.74. The molecule has 2 heterocycles. The van der Waals surface area contributed by atoms with E-state index in [0.717, 1.165) is 30.9 Å². The lowest BCUT2D eigenvalue weighted by atomic mass is 10.2. The summed E-state index contributed by atoms with van der Waals surface area (Å²) in [5, 5.41) is 13.6. The molecular weight excluding hydrogens is 222 g/mol. The Labute approximate surface area is 98.7 Å². The molecule has 1 N–H and O–H groups in total. The molecule has 0 amide bonds. The SMILES string of the molecule is Cc1nn(C)cc1CCNCc1csnn1. The summed E-state index contributed by atoms with van der Waals surface area (Å²) >= 11 is 1.39. The van der Waals surface area contributed by atoms with E-state index >= 15 is 0 Å². The van der Waals surface area contributed by atoms with Crippen LogP contribution in [0.4, 0.5) is 0 Å². The molecule has 0 radical (unpaired) electrons. The van der Waals surface area contributed by atoms with Gasteiger partial charge in [0.1, 0.15) is 0 Å². The molecule has 0 unspecified atom stereocenters. The highest BCUT2D eigenvalue weighted by molar-refractivity contribution is 7.03. The lowest BCUT2D eigenvalue weighted by molar-refractivity contribution is 0.671. The summed E-state index contributed by atoms with van der Waals surface area (Å²) in [6.45, 7) is 3.76. The van der Waals surface area contributed by atoms with Gasteiger partial charge in [-0.25, -0.2) is 0 Å². The Balaban J connectivity index is 1.74. The minimum atomic E-state index is 0.788. The van der Waals surface area contributed by atoms with Crippen molar-refractivity contribution < 1.29 is 0 Å². The summed E-state index contributed by atoms with van der Waals surface area (Å²) in [5.74, 6) is 0. The summed E-state index contributed by atoms with van der Waals surface area (Å²) in [7, 11) is 1.95. The minimum absolute atomic E-state index is 0.788. The van der Waals surface area contributed by atoms with Crippen molar-refractivity contribution >= 4 is 11.5 Å². The first kappa shape index (κ1) is 11.2. The summed E-state index contributed by atoms with van der Waals surface area (Å²) < 4.78 is 5.67. The molecule has 0 atom stereocenters. The molecule has 2 aromatic rings. The van der Waals surface area contributed by atoms with Gasteiger partial charge in [-0.3, -0.25) is 4.68 Å². The van der Waals surface area contributed by atoms with Crippen molar-refractivity contribution in [2.75, 3.05) is 6.54 Å². The molecule has 0 aromatic carbocycles. The zero-order valence-electron chi connectivity index (χ0n) is 9.47. The van der Waals surface area contributed by atoms with Crippen molar-refractivity contribution in [3.05, 3.63) is 28.5 Å². The molecule has 16 heavy (non-hydrogen) atoms. The van der Waals surface area contributed by atoms with Gasteiger partial charge >= 0.3 is 0 Å². The van der Waals surface area contributed by atoms with E-state index in [-0.39, 0.29) is 0 Å². The average Bonchev–Trinajstić information content (AvgIpc) is 2.84. The summed E-state index contributed by atoms with van der Waals surface area (Å²) in [6.07, 6.45) is 3.07. The molecule has 0 aliphatic carbocycles. The van der Waals surface area contributed by atoms with E-state index in [1.807, 2.05) is 24.0 Å². The Hall–Kier alpha value is -1.27. The molecule has 0 spiro atoms. The fourth-order valence-corrected chi connectivity index (χ4v) is 2.05. The fourth-order valence-electron chi connectivity index (χ4n) is 1.59. The molecule has 0 aliphatic rings. The number of rotatable bonds is 5. The van der Waals surface area contributed by atoms with Gasteiger partial charge in [0.05, 0.1) is 11.4 Å². The van der Waals surface area contributed by atoms with Crippen LogP contribution in [0.5, 0.6) is 0 Å². The first-order valence-corrected chi connectivity index (χ1v) is 6.05. The van der Waals surface area contributed by atoms with Crippen molar-refractivity contribution in [2.45, 2.75) is 19.9 Å². The minimum Gasteiger partial charge on any atom is -0.311 e. The van der Waals surface area contributed by atoms with Crippen molar-refractivity contribution in [3.8, 4) is 0 Å². The lowest BCUT2D eigenvalue weighted by Gasteiger charge is -2.01. The van der Waals surface area contributed by atoms with Gasteiger partial charge < -0.3 is 5.32 Å². The summed E-state index contributed by atoms with van der Waals surface area (Å²) in [6, 6.07) is 0. The van der Waals surface area contributed by atoms with Crippen LogP contribution in [0.25, 0.3) is 0 Å². The van der Waals surface area contributed by atoms with E-state index in [9.17, 15) is 0 Å². The van der Waals surface area contributed by atoms with Crippen LogP contribution in [0.2, 0.25) is 0 Å². The highest BCUT2D eigenvalue weighted by atomic mass is 32.1. The largest absolute Gasteiger partial charge is 0.311 e. The van der Waals surface area contributed by atoms with Crippen LogP contribution >= 0.6 is 11.5 Å². The van der Waals surface area contributed by atoms with E-state index in [1.165, 1.54) is 17.1 Å². The topological polar surface area (TPSA) is 55.6 Å². The van der Waals surface area contributed by atoms with Gasteiger partial charge in [0.15, 0.2) is 0 Å². The second kappa shape index (κ2) is 5.18. The molecule has 0 saturated carbocycles. The Morgan fingerprint density at radius 1 is 1.50 bits per heavy atom. The van der Waals surface area contributed by atoms with Crippen LogP contribution in [0.3, 0.4) is 0 Å². The Kier molecular flexibility index (Phi) is 3.63. The maximum Gasteiger partial charge on any atom is 0.0893 e. The van der Waals surface area contributed by atoms with Crippen LogP contribution in [0.15, 0.2) is 11.6 Å². The van der Waals surface area contributed by atoms with Crippen molar-refractivity contribution in [1.29, 1.82) is 0 Å². The molecule has 0 saturated heterocycles. The summed E-state index contributed by atoms with van der Waals surface area (Å²) in [4.78, 5) is 0. The monoisotopic (exact) mass is 237 g/mol. The Bertz CT molecular complexity index is 434. The molecule has 0 aliphatic heterocycles. The van der Waals surface area contributed by atoms with Gasteiger partial charge in [-0.15, -0.1) is 5.10 Å². The molecule has 2 rings (SSSR count). The van der Waals surface area contributed by atoms with E-state index in [4.69, 9.17) is 0 Å². The van der Waals surface area contributed by atoms with Gasteiger partial charge in [-0.1, -0.05) is 4.49 Å². The number of nitrogens with one attached hydrogen (secondary N) is 1. The molecule has 0 fully saturated rings. The maximum atomic E-state index is 4.31. The smallest absolute Gasteiger partial charge is 0.0893 e. The molecule has 2 aromatic heterocycles. The van der Waals surface area contributed by atoms with Crippen LogP contribution < -0.4 is 5.32 Å². The number of aromatic nitrogens is 4. The Morgan fingerprint density at radius 2 is 2.38 bits per heavy atom. The predicted octanol–water partition coefficient (Wildman–Crippen LogP) is 0.912. The quantitative estimate of drug-likeness (QED) is 0.785. The van der Waals surface area contributed by atoms with E-state index in [2.05, 4.69) is 26.2 Å². The van der Waals surface area contributed by atoms with Crippen LogP contribution in [0, 0.1) is 6.92 Å². The van der Waals surface area contributed by atoms with Gasteiger partial charge in [0.25, 0.3) is 0 Å². The molecule has 0 bridgehead atoms. The van der Waals surface area contributed by atoms with Gasteiger partial charge in [0.2, 0.25) is 0 Å². The van der Waals surface area contributed by atoms with Gasteiger partial charge in [-0.2, -0.15) is 5.10 Å². The zero-order chi connectivity index (χ0) is 11.4. The molecule has 6 heteroatoms. The van der Waals surface area contributed by atoms with E-state index in [1.54, 1.807) is 0 Å². The van der Waals surface area contributed by atoms with E-state index in [0.29, 0.717) is 0 Å². The Morgan fingerprint density at radius 3 is 3.00 bits per heavy atom. The highest BCUT2D eigenvalue weighted by Gasteiger charge is 2.02. The number of hydrogen-bond donors (Lipinski definition) is 1. The van der Waals surface area contributed by atoms with Crippen LogP contribution in [0.1, 0.15) is 17.0 Å². The maximum absolute atomic E-state index is 4.31. The highest BCUT2D eigenvalue weighted by Crippen LogP contribution is 2.04. The first-order valence-electron chi connectivity index (χ1n) is 5.21. The number of aryl methyl sites for hydroxylation is 2. The first-order chi connectivity index (χ1) is 7.75. The lowest BCUT2D eigenvalue weighted by Crippen LogP contribution is -2.17. The fraction of sp³-hybridized carbons (Fsp3) is 0.500. The second-order valence-corrected chi connectivity index (χ2v) is 4.35. The third kappa shape index (κ3) is 2.86. The normalized spacial score (nSPS) is 10.9. The third-order valence-corrected chi connectivity index (χ3v) is 2.95. The third-order valence-electron chi connectivity index (χ3n) is 2.40. The van der Waals surface area contributed by atoms with E-state index < -0.39 is 0 Å². The number of nitrogens with zero attached hydrogens (tertiary/aromatic N) is 4.